The average molecular weight is 297 g/mol. The molecule has 4 heteroatoms. The number of aromatic nitrogens is 1. The Morgan fingerprint density at radius 2 is 2.05 bits per heavy atom. The molecule has 0 saturated carbocycles. The molecular weight excluding hydrogens is 272 g/mol. The van der Waals surface area contributed by atoms with Gasteiger partial charge in [0.2, 0.25) is 0 Å². The van der Waals surface area contributed by atoms with Gasteiger partial charge in [-0.15, -0.1) is 0 Å². The molecule has 0 aliphatic carbocycles. The summed E-state index contributed by atoms with van der Waals surface area (Å²) in [5, 5.41) is 9.82. The lowest BCUT2D eigenvalue weighted by atomic mass is 9.77. The Kier molecular flexibility index (Phi) is 4.92. The molecule has 1 fully saturated rings. The van der Waals surface area contributed by atoms with E-state index in [9.17, 15) is 5.11 Å². The number of hydrogen-bond donors (Lipinski definition) is 1. The van der Waals surface area contributed by atoms with E-state index in [0.717, 1.165) is 24.8 Å². The van der Waals surface area contributed by atoms with Gasteiger partial charge in [0, 0.05) is 13.1 Å². The molecule has 20 heavy (non-hydrogen) atoms. The van der Waals surface area contributed by atoms with Crippen molar-refractivity contribution in [2.45, 2.75) is 46.6 Å². The Labute approximate surface area is 127 Å². The topological polar surface area (TPSA) is 36.4 Å². The second kappa shape index (κ2) is 6.31. The van der Waals surface area contributed by atoms with Crippen molar-refractivity contribution in [2.75, 3.05) is 18.0 Å². The number of hydrogen-bond acceptors (Lipinski definition) is 3. The van der Waals surface area contributed by atoms with E-state index in [1.54, 1.807) is 0 Å². The van der Waals surface area contributed by atoms with Crippen molar-refractivity contribution < 1.29 is 5.11 Å². The molecular formula is C16H25ClN2O. The Morgan fingerprint density at radius 1 is 1.30 bits per heavy atom. The van der Waals surface area contributed by atoms with Crippen molar-refractivity contribution >= 4 is 17.4 Å². The third-order valence-electron chi connectivity index (χ3n) is 4.33. The molecule has 1 unspecified atom stereocenters. The van der Waals surface area contributed by atoms with Gasteiger partial charge in [0.05, 0.1) is 17.3 Å². The first-order valence-electron chi connectivity index (χ1n) is 7.43. The predicted molar refractivity (Wildman–Crippen MR) is 84.2 cm³/mol. The summed E-state index contributed by atoms with van der Waals surface area (Å²) in [5.41, 5.74) is 0.945. The van der Waals surface area contributed by atoms with E-state index in [1.165, 1.54) is 19.3 Å². The number of rotatable bonds is 2. The van der Waals surface area contributed by atoms with Gasteiger partial charge in [0.15, 0.2) is 0 Å². The second-order valence-corrected chi connectivity index (χ2v) is 7.14. The molecule has 112 valence electrons. The molecule has 2 heterocycles. The maximum atomic E-state index is 9.28. The first-order chi connectivity index (χ1) is 9.41. The molecule has 1 aromatic heterocycles. The van der Waals surface area contributed by atoms with Gasteiger partial charge < -0.3 is 10.0 Å². The van der Waals surface area contributed by atoms with Gasteiger partial charge in [-0.1, -0.05) is 32.4 Å². The molecule has 1 atom stereocenters. The molecule has 1 aromatic rings. The lowest BCUT2D eigenvalue weighted by Crippen LogP contribution is -2.27. The maximum Gasteiger partial charge on any atom is 0.129 e. The van der Waals surface area contributed by atoms with Gasteiger partial charge in [-0.05, 0) is 42.7 Å². The molecule has 0 aromatic carbocycles. The highest BCUT2D eigenvalue weighted by Gasteiger charge is 2.27. The third kappa shape index (κ3) is 3.64. The normalized spacial score (nSPS) is 20.9. The lowest BCUT2D eigenvalue weighted by Gasteiger charge is -2.30. The van der Waals surface area contributed by atoms with E-state index in [-0.39, 0.29) is 6.61 Å². The zero-order valence-electron chi connectivity index (χ0n) is 12.7. The number of nitrogens with zero attached hydrogens (tertiary/aromatic N) is 2. The van der Waals surface area contributed by atoms with Gasteiger partial charge in [0.25, 0.3) is 0 Å². The zero-order valence-corrected chi connectivity index (χ0v) is 13.5. The van der Waals surface area contributed by atoms with Gasteiger partial charge in [-0.2, -0.15) is 0 Å². The molecule has 0 spiro atoms. The molecule has 0 bridgehead atoms. The van der Waals surface area contributed by atoms with Crippen LogP contribution in [0.4, 0.5) is 5.82 Å². The van der Waals surface area contributed by atoms with E-state index >= 15 is 0 Å². The first kappa shape index (κ1) is 15.6. The van der Waals surface area contributed by atoms with Crippen molar-refractivity contribution in [3.05, 3.63) is 22.8 Å². The van der Waals surface area contributed by atoms with Crippen LogP contribution >= 0.6 is 11.6 Å². The van der Waals surface area contributed by atoms with Gasteiger partial charge in [-0.3, -0.25) is 0 Å². The van der Waals surface area contributed by atoms with Crippen molar-refractivity contribution in [3.63, 3.8) is 0 Å². The van der Waals surface area contributed by atoms with Crippen LogP contribution in [-0.4, -0.2) is 23.2 Å². The number of anilines is 1. The van der Waals surface area contributed by atoms with Crippen LogP contribution in [0.5, 0.6) is 0 Å². The highest BCUT2D eigenvalue weighted by atomic mass is 35.5. The molecule has 1 N–H and O–H groups in total. The smallest absolute Gasteiger partial charge is 0.129 e. The maximum absolute atomic E-state index is 9.28. The molecule has 0 radical (unpaired) electrons. The van der Waals surface area contributed by atoms with Crippen LogP contribution in [0.25, 0.3) is 0 Å². The second-order valence-electron chi connectivity index (χ2n) is 6.74. The Bertz CT molecular complexity index is 456. The van der Waals surface area contributed by atoms with E-state index in [0.29, 0.717) is 16.1 Å². The molecule has 1 saturated heterocycles. The van der Waals surface area contributed by atoms with Crippen molar-refractivity contribution in [3.8, 4) is 0 Å². The van der Waals surface area contributed by atoms with E-state index < -0.39 is 0 Å². The van der Waals surface area contributed by atoms with Crippen LogP contribution in [-0.2, 0) is 6.61 Å². The Balaban J connectivity index is 2.11. The van der Waals surface area contributed by atoms with Crippen molar-refractivity contribution in [1.29, 1.82) is 0 Å². The Hall–Kier alpha value is -0.800. The SMILES string of the molecule is CC(C)(C)C1CCCN(c2ccc(Cl)c(CO)n2)CC1. The van der Waals surface area contributed by atoms with Gasteiger partial charge in [0.1, 0.15) is 5.82 Å². The summed E-state index contributed by atoms with van der Waals surface area (Å²) in [6, 6.07) is 3.79. The number of aliphatic hydroxyl groups is 1. The number of pyridine rings is 1. The average Bonchev–Trinajstić information content (AvgIpc) is 2.64. The van der Waals surface area contributed by atoms with E-state index in [4.69, 9.17) is 11.6 Å². The van der Waals surface area contributed by atoms with Gasteiger partial charge >= 0.3 is 0 Å². The summed E-state index contributed by atoms with van der Waals surface area (Å²) in [7, 11) is 0. The fraction of sp³-hybridized carbons (Fsp3) is 0.688. The number of aliphatic hydroxyl groups excluding tert-OH is 1. The van der Waals surface area contributed by atoms with E-state index in [2.05, 4.69) is 30.7 Å². The quantitative estimate of drug-likeness (QED) is 0.900. The fourth-order valence-electron chi connectivity index (χ4n) is 2.95. The molecule has 0 amide bonds. The fourth-order valence-corrected chi connectivity index (χ4v) is 3.12. The highest BCUT2D eigenvalue weighted by molar-refractivity contribution is 6.31. The summed E-state index contributed by atoms with van der Waals surface area (Å²) in [6.07, 6.45) is 3.67. The molecule has 2 rings (SSSR count). The highest BCUT2D eigenvalue weighted by Crippen LogP contribution is 2.35. The van der Waals surface area contributed by atoms with Crippen LogP contribution in [0.2, 0.25) is 5.02 Å². The van der Waals surface area contributed by atoms with Crippen molar-refractivity contribution in [2.24, 2.45) is 11.3 Å². The Morgan fingerprint density at radius 3 is 2.70 bits per heavy atom. The molecule has 1 aliphatic rings. The van der Waals surface area contributed by atoms with E-state index in [1.807, 2.05) is 12.1 Å². The van der Waals surface area contributed by atoms with Crippen LogP contribution in [0.15, 0.2) is 12.1 Å². The summed E-state index contributed by atoms with van der Waals surface area (Å²) in [6.45, 7) is 8.95. The minimum Gasteiger partial charge on any atom is -0.390 e. The summed E-state index contributed by atoms with van der Waals surface area (Å²) in [4.78, 5) is 6.81. The van der Waals surface area contributed by atoms with Crippen LogP contribution in [0.3, 0.4) is 0 Å². The summed E-state index contributed by atoms with van der Waals surface area (Å²) in [5.74, 6) is 1.70. The predicted octanol–water partition coefficient (Wildman–Crippen LogP) is 3.88. The van der Waals surface area contributed by atoms with Gasteiger partial charge in [-0.25, -0.2) is 4.98 Å². The standard InChI is InChI=1S/C16H25ClN2O/c1-16(2,3)12-5-4-9-19(10-8-12)15-7-6-13(17)14(11-20)18-15/h6-7,12,20H,4-5,8-11H2,1-3H3. The number of halogens is 1. The first-order valence-corrected chi connectivity index (χ1v) is 7.81. The third-order valence-corrected chi connectivity index (χ3v) is 4.67. The van der Waals surface area contributed by atoms with Crippen LogP contribution in [0, 0.1) is 11.3 Å². The minimum absolute atomic E-state index is 0.106. The lowest BCUT2D eigenvalue weighted by molar-refractivity contribution is 0.220. The molecule has 3 nitrogen and oxygen atoms in total. The summed E-state index contributed by atoms with van der Waals surface area (Å²) >= 11 is 6.01. The van der Waals surface area contributed by atoms with Crippen molar-refractivity contribution in [1.82, 2.24) is 4.98 Å². The zero-order chi connectivity index (χ0) is 14.8. The minimum atomic E-state index is -0.106. The van der Waals surface area contributed by atoms with Crippen LogP contribution in [0.1, 0.15) is 45.7 Å². The monoisotopic (exact) mass is 296 g/mol. The largest absolute Gasteiger partial charge is 0.390 e. The van der Waals surface area contributed by atoms with Crippen LogP contribution < -0.4 is 4.90 Å². The summed E-state index contributed by atoms with van der Waals surface area (Å²) < 4.78 is 0. The molecule has 1 aliphatic heterocycles.